The first-order valence-corrected chi connectivity index (χ1v) is 5.19. The van der Waals surface area contributed by atoms with Crippen molar-refractivity contribution in [2.45, 2.75) is 19.4 Å². The summed E-state index contributed by atoms with van der Waals surface area (Å²) in [7, 11) is 0. The highest BCUT2D eigenvalue weighted by molar-refractivity contribution is 5.75. The quantitative estimate of drug-likeness (QED) is 0.776. The summed E-state index contributed by atoms with van der Waals surface area (Å²) in [5, 5.41) is 25.5. The number of hydrogen-bond acceptors (Lipinski definition) is 4. The molecule has 5 heteroatoms. The number of rotatable bonds is 4. The van der Waals surface area contributed by atoms with Gasteiger partial charge in [-0.05, 0) is 31.0 Å². The summed E-state index contributed by atoms with van der Waals surface area (Å²) < 4.78 is 1.80. The van der Waals surface area contributed by atoms with Gasteiger partial charge in [0.25, 0.3) is 0 Å². The van der Waals surface area contributed by atoms with E-state index in [2.05, 4.69) is 16.4 Å². The molecule has 0 atom stereocenters. The van der Waals surface area contributed by atoms with Crippen LogP contribution < -0.4 is 0 Å². The van der Waals surface area contributed by atoms with E-state index in [1.54, 1.807) is 16.8 Å². The second-order valence-electron chi connectivity index (χ2n) is 3.56. The molecule has 0 saturated carbocycles. The molecule has 0 amide bonds. The lowest BCUT2D eigenvalue weighted by Crippen LogP contribution is -2.01. The molecule has 2 rings (SSSR count). The maximum Gasteiger partial charge on any atom is 0.114 e. The van der Waals surface area contributed by atoms with Gasteiger partial charge in [-0.2, -0.15) is 5.26 Å². The minimum atomic E-state index is 0.200. The monoisotopic (exact) mass is 216 g/mol. The third-order valence-electron chi connectivity index (χ3n) is 2.42. The highest BCUT2D eigenvalue weighted by atomic mass is 16.2. The van der Waals surface area contributed by atoms with Crippen molar-refractivity contribution in [2.24, 2.45) is 0 Å². The Morgan fingerprint density at radius 2 is 2.25 bits per heavy atom. The normalized spacial score (nSPS) is 10.5. The molecule has 0 fully saturated rings. The molecule has 16 heavy (non-hydrogen) atoms. The van der Waals surface area contributed by atoms with Crippen LogP contribution in [0.2, 0.25) is 0 Å². The predicted octanol–water partition coefficient (Wildman–Crippen LogP) is 1.08. The van der Waals surface area contributed by atoms with E-state index in [-0.39, 0.29) is 6.61 Å². The molecule has 1 N–H and O–H groups in total. The van der Waals surface area contributed by atoms with E-state index in [0.717, 1.165) is 30.4 Å². The first-order valence-electron chi connectivity index (χ1n) is 5.19. The standard InChI is InChI=1S/C11H12N4O/c12-8-9-3-4-11-10(7-9)13-14-15(11)5-1-2-6-16/h3-4,7,16H,1-2,5-6H2. The molecule has 0 saturated heterocycles. The van der Waals surface area contributed by atoms with Gasteiger partial charge in [0.05, 0.1) is 17.1 Å². The Labute approximate surface area is 92.9 Å². The fourth-order valence-corrected chi connectivity index (χ4v) is 1.58. The molecule has 1 aromatic carbocycles. The molecule has 0 bridgehead atoms. The van der Waals surface area contributed by atoms with Crippen LogP contribution in [-0.4, -0.2) is 26.7 Å². The van der Waals surface area contributed by atoms with Crippen molar-refractivity contribution in [3.8, 4) is 6.07 Å². The fourth-order valence-electron chi connectivity index (χ4n) is 1.58. The summed E-state index contributed by atoms with van der Waals surface area (Å²) in [6.07, 6.45) is 1.63. The van der Waals surface area contributed by atoms with Crippen LogP contribution in [0, 0.1) is 11.3 Å². The van der Waals surface area contributed by atoms with Gasteiger partial charge in [-0.1, -0.05) is 5.21 Å². The van der Waals surface area contributed by atoms with Crippen LogP contribution in [0.4, 0.5) is 0 Å². The minimum absolute atomic E-state index is 0.200. The maximum absolute atomic E-state index is 8.74. The number of aliphatic hydroxyl groups excluding tert-OH is 1. The molecule has 0 radical (unpaired) electrons. The minimum Gasteiger partial charge on any atom is -0.396 e. The Morgan fingerprint density at radius 3 is 3.00 bits per heavy atom. The van der Waals surface area contributed by atoms with Gasteiger partial charge in [0.2, 0.25) is 0 Å². The van der Waals surface area contributed by atoms with Crippen molar-refractivity contribution >= 4 is 11.0 Å². The second-order valence-corrected chi connectivity index (χ2v) is 3.56. The van der Waals surface area contributed by atoms with Crippen molar-refractivity contribution in [1.29, 1.82) is 5.26 Å². The number of nitriles is 1. The van der Waals surface area contributed by atoms with E-state index in [0.29, 0.717) is 5.56 Å². The number of nitrogens with zero attached hydrogens (tertiary/aromatic N) is 4. The Morgan fingerprint density at radius 1 is 1.38 bits per heavy atom. The predicted molar refractivity (Wildman–Crippen MR) is 58.6 cm³/mol. The molecule has 2 aromatic rings. The molecule has 0 unspecified atom stereocenters. The van der Waals surface area contributed by atoms with Crippen LogP contribution in [-0.2, 0) is 6.54 Å². The Hall–Kier alpha value is -1.93. The van der Waals surface area contributed by atoms with E-state index < -0.39 is 0 Å². The molecule has 0 aliphatic carbocycles. The van der Waals surface area contributed by atoms with Crippen molar-refractivity contribution in [1.82, 2.24) is 15.0 Å². The van der Waals surface area contributed by atoms with Gasteiger partial charge < -0.3 is 5.11 Å². The van der Waals surface area contributed by atoms with Gasteiger partial charge in [0.15, 0.2) is 0 Å². The summed E-state index contributed by atoms with van der Waals surface area (Å²) in [6.45, 7) is 0.939. The van der Waals surface area contributed by atoms with Crippen molar-refractivity contribution in [2.75, 3.05) is 6.61 Å². The van der Waals surface area contributed by atoms with E-state index in [4.69, 9.17) is 10.4 Å². The zero-order chi connectivity index (χ0) is 11.4. The lowest BCUT2D eigenvalue weighted by Gasteiger charge is -2.00. The zero-order valence-corrected chi connectivity index (χ0v) is 8.80. The summed E-state index contributed by atoms with van der Waals surface area (Å²) >= 11 is 0. The summed E-state index contributed by atoms with van der Waals surface area (Å²) in [4.78, 5) is 0. The third kappa shape index (κ3) is 2.02. The van der Waals surface area contributed by atoms with Crippen LogP contribution in [0.5, 0.6) is 0 Å². The maximum atomic E-state index is 8.74. The first kappa shape index (κ1) is 10.6. The van der Waals surface area contributed by atoms with Crippen LogP contribution in [0.1, 0.15) is 18.4 Å². The highest BCUT2D eigenvalue weighted by Gasteiger charge is 2.04. The number of unbranched alkanes of at least 4 members (excludes halogenated alkanes) is 1. The Kier molecular flexibility index (Phi) is 3.13. The van der Waals surface area contributed by atoms with Crippen molar-refractivity contribution in [3.05, 3.63) is 23.8 Å². The van der Waals surface area contributed by atoms with Gasteiger partial charge in [-0.15, -0.1) is 5.10 Å². The average molecular weight is 216 g/mol. The Balaban J connectivity index is 2.25. The smallest absolute Gasteiger partial charge is 0.114 e. The molecule has 0 spiro atoms. The van der Waals surface area contributed by atoms with E-state index in [9.17, 15) is 0 Å². The zero-order valence-electron chi connectivity index (χ0n) is 8.80. The number of aromatic nitrogens is 3. The molecule has 1 heterocycles. The molecular formula is C11H12N4O. The van der Waals surface area contributed by atoms with E-state index >= 15 is 0 Å². The number of fused-ring (bicyclic) bond motifs is 1. The summed E-state index contributed by atoms with van der Waals surface area (Å²) in [6, 6.07) is 7.41. The number of hydrogen-bond donors (Lipinski definition) is 1. The molecular weight excluding hydrogens is 204 g/mol. The van der Waals surface area contributed by atoms with Crippen LogP contribution in [0.3, 0.4) is 0 Å². The largest absolute Gasteiger partial charge is 0.396 e. The van der Waals surface area contributed by atoms with Gasteiger partial charge in [0.1, 0.15) is 5.52 Å². The topological polar surface area (TPSA) is 74.7 Å². The van der Waals surface area contributed by atoms with Crippen LogP contribution in [0.15, 0.2) is 18.2 Å². The number of aliphatic hydroxyl groups is 1. The average Bonchev–Trinajstić information content (AvgIpc) is 2.72. The van der Waals surface area contributed by atoms with E-state index in [1.807, 2.05) is 6.07 Å². The summed E-state index contributed by atoms with van der Waals surface area (Å²) in [5.74, 6) is 0. The first-order chi connectivity index (χ1) is 7.85. The lowest BCUT2D eigenvalue weighted by atomic mass is 10.2. The van der Waals surface area contributed by atoms with Gasteiger partial charge >= 0.3 is 0 Å². The number of benzene rings is 1. The van der Waals surface area contributed by atoms with Crippen LogP contribution in [0.25, 0.3) is 11.0 Å². The Bertz CT molecular complexity index is 526. The molecule has 0 aliphatic heterocycles. The molecule has 1 aromatic heterocycles. The number of aryl methyl sites for hydroxylation is 1. The van der Waals surface area contributed by atoms with Crippen molar-refractivity contribution < 1.29 is 5.11 Å². The third-order valence-corrected chi connectivity index (χ3v) is 2.42. The fraction of sp³-hybridized carbons (Fsp3) is 0.364. The second kappa shape index (κ2) is 4.73. The van der Waals surface area contributed by atoms with Gasteiger partial charge in [0, 0.05) is 13.2 Å². The van der Waals surface area contributed by atoms with E-state index in [1.165, 1.54) is 0 Å². The summed E-state index contributed by atoms with van der Waals surface area (Å²) in [5.41, 5.74) is 2.26. The van der Waals surface area contributed by atoms with Crippen LogP contribution >= 0.6 is 0 Å². The van der Waals surface area contributed by atoms with Gasteiger partial charge in [-0.25, -0.2) is 4.68 Å². The molecule has 82 valence electrons. The molecule has 5 nitrogen and oxygen atoms in total. The van der Waals surface area contributed by atoms with Crippen molar-refractivity contribution in [3.63, 3.8) is 0 Å². The SMILES string of the molecule is N#Cc1ccc2c(c1)nnn2CCCCO. The molecule has 0 aliphatic rings. The highest BCUT2D eigenvalue weighted by Crippen LogP contribution is 2.13. The lowest BCUT2D eigenvalue weighted by molar-refractivity contribution is 0.280. The van der Waals surface area contributed by atoms with Gasteiger partial charge in [-0.3, -0.25) is 0 Å².